The summed E-state index contributed by atoms with van der Waals surface area (Å²) in [5, 5.41) is 8.50. The summed E-state index contributed by atoms with van der Waals surface area (Å²) in [7, 11) is 3.42. The molecule has 1 atom stereocenters. The SMILES string of the molecule is COc1cc(C(F)(F)F)cc(C)c1-n1cc2cnc(N[C@@H]3CCCN(C)C3)nc2n1. The molecular weight excluding hydrogens is 397 g/mol. The average Bonchev–Trinajstić information content (AvgIpc) is 3.09. The van der Waals surface area contributed by atoms with Crippen molar-refractivity contribution in [1.29, 1.82) is 0 Å². The molecule has 0 unspecified atom stereocenters. The van der Waals surface area contributed by atoms with Crippen molar-refractivity contribution < 1.29 is 17.9 Å². The van der Waals surface area contributed by atoms with E-state index >= 15 is 0 Å². The minimum atomic E-state index is -4.45. The van der Waals surface area contributed by atoms with Crippen molar-refractivity contribution in [2.24, 2.45) is 0 Å². The van der Waals surface area contributed by atoms with Crippen LogP contribution in [-0.4, -0.2) is 57.9 Å². The lowest BCUT2D eigenvalue weighted by molar-refractivity contribution is -0.137. The van der Waals surface area contributed by atoms with Crippen LogP contribution in [0.1, 0.15) is 24.0 Å². The van der Waals surface area contributed by atoms with Gasteiger partial charge in [0.25, 0.3) is 0 Å². The molecule has 3 aromatic rings. The predicted molar refractivity (Wildman–Crippen MR) is 107 cm³/mol. The molecule has 10 heteroatoms. The van der Waals surface area contributed by atoms with Crippen LogP contribution < -0.4 is 10.1 Å². The Balaban J connectivity index is 1.67. The lowest BCUT2D eigenvalue weighted by atomic mass is 10.1. The minimum absolute atomic E-state index is 0.0895. The zero-order valence-corrected chi connectivity index (χ0v) is 17.0. The minimum Gasteiger partial charge on any atom is -0.494 e. The highest BCUT2D eigenvalue weighted by molar-refractivity contribution is 5.75. The summed E-state index contributed by atoms with van der Waals surface area (Å²) < 4.78 is 46.1. The molecule has 3 heterocycles. The lowest BCUT2D eigenvalue weighted by Crippen LogP contribution is -2.40. The van der Waals surface area contributed by atoms with Gasteiger partial charge in [0.05, 0.1) is 18.1 Å². The molecule has 2 aromatic heterocycles. The van der Waals surface area contributed by atoms with Crippen LogP contribution in [0.3, 0.4) is 0 Å². The Bertz CT molecular complexity index is 1060. The molecule has 30 heavy (non-hydrogen) atoms. The molecule has 1 aliphatic heterocycles. The number of likely N-dealkylation sites (N-methyl/N-ethyl adjacent to an activating group) is 1. The van der Waals surface area contributed by atoms with Crippen LogP contribution >= 0.6 is 0 Å². The lowest BCUT2D eigenvalue weighted by Gasteiger charge is -2.30. The van der Waals surface area contributed by atoms with Gasteiger partial charge in [-0.05, 0) is 51.1 Å². The number of aromatic nitrogens is 4. The molecule has 1 N–H and O–H groups in total. The molecule has 1 saturated heterocycles. The smallest absolute Gasteiger partial charge is 0.416 e. The van der Waals surface area contributed by atoms with E-state index in [1.807, 2.05) is 0 Å². The fourth-order valence-corrected chi connectivity index (χ4v) is 3.83. The Kier molecular flexibility index (Phi) is 5.27. The maximum atomic E-state index is 13.1. The third kappa shape index (κ3) is 4.04. The van der Waals surface area contributed by atoms with E-state index in [0.717, 1.165) is 38.1 Å². The van der Waals surface area contributed by atoms with Crippen LogP contribution in [0.25, 0.3) is 16.7 Å². The second-order valence-corrected chi connectivity index (χ2v) is 7.63. The second-order valence-electron chi connectivity index (χ2n) is 7.63. The number of halogens is 3. The number of hydrogen-bond donors (Lipinski definition) is 1. The number of aryl methyl sites for hydroxylation is 1. The predicted octanol–water partition coefficient (Wildman–Crippen LogP) is 3.66. The van der Waals surface area contributed by atoms with E-state index in [1.165, 1.54) is 11.8 Å². The summed E-state index contributed by atoms with van der Waals surface area (Å²) in [6.07, 6.45) is 1.04. The Morgan fingerprint density at radius 2 is 2.07 bits per heavy atom. The van der Waals surface area contributed by atoms with Crippen LogP contribution in [-0.2, 0) is 6.18 Å². The maximum Gasteiger partial charge on any atom is 0.416 e. The average molecular weight is 420 g/mol. The zero-order valence-electron chi connectivity index (χ0n) is 17.0. The number of anilines is 1. The maximum absolute atomic E-state index is 13.1. The standard InChI is InChI=1S/C20H23F3N6O/c1-12-7-14(20(21,22)23)8-16(30-3)17(12)29-10-13-9-24-19(26-18(13)27-29)25-15-5-4-6-28(2)11-15/h7-10,15H,4-6,11H2,1-3H3,(H,25,26,27)/t15-/m1/s1. The van der Waals surface area contributed by atoms with Gasteiger partial charge < -0.3 is 15.0 Å². The van der Waals surface area contributed by atoms with Gasteiger partial charge in [0.2, 0.25) is 5.95 Å². The molecule has 1 aromatic carbocycles. The van der Waals surface area contributed by atoms with E-state index in [2.05, 4.69) is 32.3 Å². The third-order valence-electron chi connectivity index (χ3n) is 5.26. The van der Waals surface area contributed by atoms with E-state index in [9.17, 15) is 13.2 Å². The summed E-state index contributed by atoms with van der Waals surface area (Å²) in [4.78, 5) is 11.1. The van der Waals surface area contributed by atoms with Gasteiger partial charge in [-0.1, -0.05) is 0 Å². The number of benzene rings is 1. The number of rotatable bonds is 4. The topological polar surface area (TPSA) is 68.1 Å². The molecule has 0 spiro atoms. The monoisotopic (exact) mass is 420 g/mol. The molecule has 160 valence electrons. The van der Waals surface area contributed by atoms with Gasteiger partial charge in [-0.2, -0.15) is 18.2 Å². The van der Waals surface area contributed by atoms with Gasteiger partial charge >= 0.3 is 6.18 Å². The van der Waals surface area contributed by atoms with Gasteiger partial charge in [-0.25, -0.2) is 9.67 Å². The number of nitrogens with zero attached hydrogens (tertiary/aromatic N) is 5. The number of nitrogens with one attached hydrogen (secondary N) is 1. The number of piperidine rings is 1. The van der Waals surface area contributed by atoms with Crippen molar-refractivity contribution in [3.8, 4) is 11.4 Å². The van der Waals surface area contributed by atoms with Gasteiger partial charge in [0.15, 0.2) is 5.65 Å². The number of fused-ring (bicyclic) bond motifs is 1. The molecule has 0 radical (unpaired) electrons. The van der Waals surface area contributed by atoms with Crippen molar-refractivity contribution in [1.82, 2.24) is 24.6 Å². The van der Waals surface area contributed by atoms with Gasteiger partial charge in [0.1, 0.15) is 11.4 Å². The molecule has 0 saturated carbocycles. The number of alkyl halides is 3. The van der Waals surface area contributed by atoms with Gasteiger partial charge in [0, 0.05) is 25.0 Å². The first kappa shape index (κ1) is 20.4. The summed E-state index contributed by atoms with van der Waals surface area (Å²) in [5.74, 6) is 0.579. The molecule has 0 amide bonds. The summed E-state index contributed by atoms with van der Waals surface area (Å²) in [6.45, 7) is 3.59. The quantitative estimate of drug-likeness (QED) is 0.695. The highest BCUT2D eigenvalue weighted by Gasteiger charge is 2.32. The van der Waals surface area contributed by atoms with Crippen molar-refractivity contribution >= 4 is 17.0 Å². The first-order valence-electron chi connectivity index (χ1n) is 9.68. The molecule has 1 aliphatic rings. The van der Waals surface area contributed by atoms with Crippen molar-refractivity contribution in [3.63, 3.8) is 0 Å². The van der Waals surface area contributed by atoms with E-state index in [4.69, 9.17) is 4.74 Å². The highest BCUT2D eigenvalue weighted by atomic mass is 19.4. The second kappa shape index (κ2) is 7.75. The molecule has 7 nitrogen and oxygen atoms in total. The Hall–Kier alpha value is -2.88. The summed E-state index contributed by atoms with van der Waals surface area (Å²) in [5.41, 5.74) is 0.525. The normalized spacial score (nSPS) is 18.0. The highest BCUT2D eigenvalue weighted by Crippen LogP contribution is 2.36. The molecular formula is C20H23F3N6O. The summed E-state index contributed by atoms with van der Waals surface area (Å²) >= 11 is 0. The van der Waals surface area contributed by atoms with Crippen LogP contribution in [0.5, 0.6) is 5.75 Å². The number of methoxy groups -OCH3 is 1. The van der Waals surface area contributed by atoms with E-state index in [-0.39, 0.29) is 11.8 Å². The third-order valence-corrected chi connectivity index (χ3v) is 5.26. The van der Waals surface area contributed by atoms with Crippen LogP contribution in [0.2, 0.25) is 0 Å². The first-order chi connectivity index (χ1) is 14.2. The Morgan fingerprint density at radius 1 is 1.27 bits per heavy atom. The van der Waals surface area contributed by atoms with Gasteiger partial charge in [-0.15, -0.1) is 5.10 Å². The molecule has 0 aliphatic carbocycles. The van der Waals surface area contributed by atoms with Crippen LogP contribution in [0.15, 0.2) is 24.5 Å². The number of hydrogen-bond acceptors (Lipinski definition) is 6. The Labute approximate surface area is 171 Å². The first-order valence-corrected chi connectivity index (χ1v) is 9.68. The summed E-state index contributed by atoms with van der Waals surface area (Å²) in [6, 6.07) is 2.33. The number of likely N-dealkylation sites (tertiary alicyclic amines) is 1. The molecule has 4 rings (SSSR count). The molecule has 1 fully saturated rings. The largest absolute Gasteiger partial charge is 0.494 e. The fraction of sp³-hybridized carbons (Fsp3) is 0.450. The van der Waals surface area contributed by atoms with Crippen molar-refractivity contribution in [2.75, 3.05) is 32.6 Å². The fourth-order valence-electron chi connectivity index (χ4n) is 3.83. The van der Waals surface area contributed by atoms with E-state index in [1.54, 1.807) is 19.3 Å². The van der Waals surface area contributed by atoms with Crippen molar-refractivity contribution in [2.45, 2.75) is 32.0 Å². The van der Waals surface area contributed by atoms with Crippen LogP contribution in [0, 0.1) is 6.92 Å². The van der Waals surface area contributed by atoms with E-state index in [0.29, 0.717) is 28.2 Å². The zero-order chi connectivity index (χ0) is 21.5. The number of ether oxygens (including phenoxy) is 1. The van der Waals surface area contributed by atoms with Gasteiger partial charge in [-0.3, -0.25) is 0 Å². The van der Waals surface area contributed by atoms with Crippen LogP contribution in [0.4, 0.5) is 19.1 Å². The Morgan fingerprint density at radius 3 is 2.77 bits per heavy atom. The van der Waals surface area contributed by atoms with E-state index < -0.39 is 11.7 Å². The molecule has 0 bridgehead atoms. The van der Waals surface area contributed by atoms with Crippen molar-refractivity contribution in [3.05, 3.63) is 35.7 Å².